The molecule has 0 radical (unpaired) electrons. The molecule has 0 aliphatic heterocycles. The molecule has 0 amide bonds. The molecule has 4 nitrogen and oxygen atoms in total. The summed E-state index contributed by atoms with van der Waals surface area (Å²) in [7, 11) is 6.64. The maximum absolute atomic E-state index is 8.25. The highest BCUT2D eigenvalue weighted by Crippen LogP contribution is 2.17. The number of benzene rings is 1. The molecule has 0 saturated heterocycles. The second-order valence-corrected chi connectivity index (χ2v) is 5.15. The predicted octanol–water partition coefficient (Wildman–Crippen LogP) is 1.05. The SMILES string of the molecule is C[N+](C)(C)CCc1ccc2ccoc2c1.O=C[O-]. The number of likely N-dealkylation sites (N-methyl/N-ethyl adjacent to an activating group) is 1. The first-order chi connectivity index (χ1) is 8.46. The van der Waals surface area contributed by atoms with E-state index >= 15 is 0 Å². The van der Waals surface area contributed by atoms with Gasteiger partial charge in [0.1, 0.15) is 5.58 Å². The Bertz CT molecular complexity index is 497. The van der Waals surface area contributed by atoms with E-state index in [0.29, 0.717) is 0 Å². The van der Waals surface area contributed by atoms with Crippen molar-refractivity contribution in [3.63, 3.8) is 0 Å². The van der Waals surface area contributed by atoms with E-state index in [1.54, 1.807) is 6.26 Å². The molecule has 0 aliphatic carbocycles. The Kier molecular flexibility index (Phi) is 4.92. The second-order valence-electron chi connectivity index (χ2n) is 5.15. The lowest BCUT2D eigenvalue weighted by atomic mass is 10.1. The number of carbonyl (C=O) groups excluding carboxylic acids is 1. The van der Waals surface area contributed by atoms with E-state index in [1.807, 2.05) is 6.07 Å². The van der Waals surface area contributed by atoms with Gasteiger partial charge in [0, 0.05) is 18.3 Å². The van der Waals surface area contributed by atoms with Gasteiger partial charge in [0.2, 0.25) is 0 Å². The average molecular weight is 249 g/mol. The number of hydrogen-bond acceptors (Lipinski definition) is 3. The first-order valence-corrected chi connectivity index (χ1v) is 5.78. The number of fused-ring (bicyclic) bond motifs is 1. The van der Waals surface area contributed by atoms with Gasteiger partial charge in [-0.25, -0.2) is 0 Å². The van der Waals surface area contributed by atoms with Gasteiger partial charge in [0.05, 0.1) is 34.0 Å². The van der Waals surface area contributed by atoms with Crippen molar-refractivity contribution >= 4 is 17.4 Å². The number of nitrogens with zero attached hydrogens (tertiary/aromatic N) is 1. The Morgan fingerprint density at radius 1 is 1.28 bits per heavy atom. The van der Waals surface area contributed by atoms with Crippen LogP contribution in [0.3, 0.4) is 0 Å². The Balaban J connectivity index is 0.000000492. The van der Waals surface area contributed by atoms with Gasteiger partial charge in [0.25, 0.3) is 0 Å². The van der Waals surface area contributed by atoms with Crippen molar-refractivity contribution in [3.05, 3.63) is 36.1 Å². The molecule has 1 aromatic heterocycles. The van der Waals surface area contributed by atoms with Gasteiger partial charge < -0.3 is 18.8 Å². The number of carboxylic acid groups (broad SMARTS) is 1. The molecule has 0 spiro atoms. The average Bonchev–Trinajstić information content (AvgIpc) is 2.73. The molecular weight excluding hydrogens is 230 g/mol. The minimum Gasteiger partial charge on any atom is -0.554 e. The minimum atomic E-state index is -0.500. The molecular formula is C14H19NO3. The largest absolute Gasteiger partial charge is 0.554 e. The summed E-state index contributed by atoms with van der Waals surface area (Å²) < 4.78 is 6.38. The van der Waals surface area contributed by atoms with Crippen LogP contribution in [-0.4, -0.2) is 38.6 Å². The molecule has 0 saturated carbocycles. The van der Waals surface area contributed by atoms with E-state index in [0.717, 1.165) is 23.0 Å². The second kappa shape index (κ2) is 6.21. The predicted molar refractivity (Wildman–Crippen MR) is 68.9 cm³/mol. The van der Waals surface area contributed by atoms with Crippen LogP contribution < -0.4 is 5.11 Å². The zero-order chi connectivity index (χ0) is 13.6. The van der Waals surface area contributed by atoms with E-state index in [4.69, 9.17) is 14.3 Å². The normalized spacial score (nSPS) is 10.8. The zero-order valence-electron chi connectivity index (χ0n) is 11.1. The van der Waals surface area contributed by atoms with Gasteiger partial charge in [-0.05, 0) is 17.7 Å². The van der Waals surface area contributed by atoms with Crippen LogP contribution in [0.4, 0.5) is 0 Å². The summed E-state index contributed by atoms with van der Waals surface area (Å²) in [5, 5.41) is 9.43. The van der Waals surface area contributed by atoms with Crippen molar-refractivity contribution in [2.24, 2.45) is 0 Å². The summed E-state index contributed by atoms with van der Waals surface area (Å²) in [6, 6.07) is 8.46. The fourth-order valence-electron chi connectivity index (χ4n) is 1.62. The first-order valence-electron chi connectivity index (χ1n) is 5.78. The molecule has 98 valence electrons. The first kappa shape index (κ1) is 14.3. The molecule has 0 aliphatic rings. The Morgan fingerprint density at radius 2 is 1.94 bits per heavy atom. The molecule has 0 atom stereocenters. The summed E-state index contributed by atoms with van der Waals surface area (Å²) in [6.07, 6.45) is 2.84. The smallest absolute Gasteiger partial charge is 0.134 e. The maximum atomic E-state index is 8.25. The Labute approximate surface area is 107 Å². The molecule has 1 aromatic carbocycles. The molecule has 18 heavy (non-hydrogen) atoms. The van der Waals surface area contributed by atoms with Gasteiger partial charge in [-0.15, -0.1) is 0 Å². The lowest BCUT2D eigenvalue weighted by molar-refractivity contribution is -0.870. The number of quaternary nitrogens is 1. The molecule has 2 rings (SSSR count). The van der Waals surface area contributed by atoms with Crippen molar-refractivity contribution in [2.45, 2.75) is 6.42 Å². The summed E-state index contributed by atoms with van der Waals surface area (Å²) in [6.45, 7) is 0.645. The van der Waals surface area contributed by atoms with Crippen molar-refractivity contribution in [1.29, 1.82) is 0 Å². The molecule has 0 unspecified atom stereocenters. The summed E-state index contributed by atoms with van der Waals surface area (Å²) in [5.74, 6) is 0. The van der Waals surface area contributed by atoms with Crippen LogP contribution in [0.25, 0.3) is 11.0 Å². The van der Waals surface area contributed by atoms with Crippen LogP contribution in [0.15, 0.2) is 34.9 Å². The van der Waals surface area contributed by atoms with E-state index in [2.05, 4.69) is 39.3 Å². The van der Waals surface area contributed by atoms with Crippen LogP contribution in [0, 0.1) is 0 Å². The highest BCUT2D eigenvalue weighted by atomic mass is 16.3. The zero-order valence-corrected chi connectivity index (χ0v) is 11.1. The quantitative estimate of drug-likeness (QED) is 0.603. The number of furan rings is 1. The fourth-order valence-corrected chi connectivity index (χ4v) is 1.62. The number of carbonyl (C=O) groups is 1. The fraction of sp³-hybridized carbons (Fsp3) is 0.357. The highest BCUT2D eigenvalue weighted by Gasteiger charge is 2.07. The van der Waals surface area contributed by atoms with Gasteiger partial charge >= 0.3 is 0 Å². The molecule has 2 aromatic rings. The lowest BCUT2D eigenvalue weighted by Crippen LogP contribution is -2.36. The number of rotatable bonds is 3. The summed E-state index contributed by atoms with van der Waals surface area (Å²) in [4.78, 5) is 8.25. The molecule has 1 heterocycles. The van der Waals surface area contributed by atoms with Crippen LogP contribution in [-0.2, 0) is 11.2 Å². The third-order valence-corrected chi connectivity index (χ3v) is 2.59. The van der Waals surface area contributed by atoms with E-state index in [-0.39, 0.29) is 0 Å². The molecule has 0 N–H and O–H groups in total. The van der Waals surface area contributed by atoms with Crippen LogP contribution >= 0.6 is 0 Å². The summed E-state index contributed by atoms with van der Waals surface area (Å²) in [5.41, 5.74) is 2.35. The van der Waals surface area contributed by atoms with Crippen LogP contribution in [0.2, 0.25) is 0 Å². The number of hydrogen-bond donors (Lipinski definition) is 0. The van der Waals surface area contributed by atoms with Gasteiger partial charge in [0.15, 0.2) is 0 Å². The van der Waals surface area contributed by atoms with Crippen LogP contribution in [0.5, 0.6) is 0 Å². The van der Waals surface area contributed by atoms with E-state index < -0.39 is 6.47 Å². The highest BCUT2D eigenvalue weighted by molar-refractivity contribution is 5.77. The van der Waals surface area contributed by atoms with Crippen molar-refractivity contribution < 1.29 is 18.8 Å². The van der Waals surface area contributed by atoms with Gasteiger partial charge in [-0.2, -0.15) is 0 Å². The Morgan fingerprint density at radius 3 is 2.56 bits per heavy atom. The molecule has 0 bridgehead atoms. The van der Waals surface area contributed by atoms with E-state index in [1.165, 1.54) is 10.9 Å². The standard InChI is InChI=1S/C13H18NO.CH2O2/c1-14(2,3)8-6-11-4-5-12-7-9-15-13(12)10-11;2-1-3/h4-5,7,9-10H,6,8H2,1-3H3;1H,(H,2,3)/q+1;/p-1. The third kappa shape index (κ3) is 4.59. The Hall–Kier alpha value is -1.81. The van der Waals surface area contributed by atoms with Crippen LogP contribution in [0.1, 0.15) is 5.56 Å². The van der Waals surface area contributed by atoms with Gasteiger partial charge in [-0.1, -0.05) is 12.1 Å². The molecule has 4 heteroatoms. The van der Waals surface area contributed by atoms with Crippen molar-refractivity contribution in [2.75, 3.05) is 27.7 Å². The van der Waals surface area contributed by atoms with Crippen molar-refractivity contribution in [3.8, 4) is 0 Å². The topological polar surface area (TPSA) is 53.3 Å². The maximum Gasteiger partial charge on any atom is 0.134 e. The third-order valence-electron chi connectivity index (χ3n) is 2.59. The van der Waals surface area contributed by atoms with Gasteiger partial charge in [-0.3, -0.25) is 0 Å². The monoisotopic (exact) mass is 249 g/mol. The van der Waals surface area contributed by atoms with Crippen molar-refractivity contribution in [1.82, 2.24) is 0 Å². The summed E-state index contributed by atoms with van der Waals surface area (Å²) >= 11 is 0. The minimum absolute atomic E-state index is 0.500. The lowest BCUT2D eigenvalue weighted by Gasteiger charge is -2.23. The van der Waals surface area contributed by atoms with E-state index in [9.17, 15) is 0 Å². The molecule has 0 fully saturated rings.